The molecular weight excluding hydrogens is 266 g/mol. The number of hydrogen-bond donors (Lipinski definition) is 2. The number of nitrogen functional groups attached to an aromatic ring is 1. The number of carbonyl (C=O) groups is 1. The highest BCUT2D eigenvalue weighted by Crippen LogP contribution is 2.22. The minimum absolute atomic E-state index is 0.108. The number of rotatable bonds is 8. The topological polar surface area (TPSA) is 72.5 Å². The van der Waals surface area contributed by atoms with E-state index in [0.29, 0.717) is 17.9 Å². The van der Waals surface area contributed by atoms with Gasteiger partial charge in [0, 0.05) is 5.57 Å². The number of esters is 1. The Morgan fingerprint density at radius 3 is 2.67 bits per heavy atom. The van der Waals surface area contributed by atoms with Crippen molar-refractivity contribution in [1.29, 1.82) is 0 Å². The van der Waals surface area contributed by atoms with Gasteiger partial charge in [-0.2, -0.15) is 0 Å². The van der Waals surface area contributed by atoms with Gasteiger partial charge < -0.3 is 15.6 Å². The van der Waals surface area contributed by atoms with Gasteiger partial charge in [-0.05, 0) is 50.3 Å². The van der Waals surface area contributed by atoms with Crippen LogP contribution in [0.2, 0.25) is 0 Å². The first-order valence-electron chi connectivity index (χ1n) is 6.97. The van der Waals surface area contributed by atoms with Crippen LogP contribution in [0.3, 0.4) is 0 Å². The fourth-order valence-corrected chi connectivity index (χ4v) is 1.82. The van der Waals surface area contributed by atoms with Crippen molar-refractivity contribution in [3.63, 3.8) is 0 Å². The number of benzene rings is 1. The molecule has 0 amide bonds. The van der Waals surface area contributed by atoms with Gasteiger partial charge in [-0.25, -0.2) is 4.79 Å². The second-order valence-electron chi connectivity index (χ2n) is 5.16. The summed E-state index contributed by atoms with van der Waals surface area (Å²) in [5, 5.41) is 9.36. The molecule has 0 fully saturated rings. The summed E-state index contributed by atoms with van der Waals surface area (Å²) in [6, 6.07) is 5.23. The van der Waals surface area contributed by atoms with Crippen molar-refractivity contribution in [2.45, 2.75) is 32.6 Å². The van der Waals surface area contributed by atoms with E-state index in [1.165, 1.54) is 0 Å². The van der Waals surface area contributed by atoms with Crippen LogP contribution < -0.4 is 5.73 Å². The summed E-state index contributed by atoms with van der Waals surface area (Å²) in [7, 11) is 0. The molecule has 114 valence electrons. The van der Waals surface area contributed by atoms with Crippen LogP contribution in [0.4, 0.5) is 5.69 Å². The van der Waals surface area contributed by atoms with Crippen LogP contribution in [-0.2, 0) is 16.0 Å². The fraction of sp³-hybridized carbons (Fsp3) is 0.353. The molecule has 4 nitrogen and oxygen atoms in total. The number of hydrogen-bond acceptors (Lipinski definition) is 4. The molecule has 1 aromatic rings. The number of ether oxygens (including phenoxy) is 1. The average molecular weight is 289 g/mol. The monoisotopic (exact) mass is 289 g/mol. The van der Waals surface area contributed by atoms with E-state index in [-0.39, 0.29) is 11.7 Å². The first kappa shape index (κ1) is 16.8. The number of nitrogens with two attached hydrogens (primary N) is 1. The Morgan fingerprint density at radius 2 is 2.05 bits per heavy atom. The van der Waals surface area contributed by atoms with Crippen LogP contribution in [0.15, 0.2) is 42.5 Å². The minimum atomic E-state index is -0.347. The zero-order chi connectivity index (χ0) is 15.8. The van der Waals surface area contributed by atoms with Crippen molar-refractivity contribution in [3.05, 3.63) is 48.1 Å². The Morgan fingerprint density at radius 1 is 1.33 bits per heavy atom. The van der Waals surface area contributed by atoms with Crippen molar-refractivity contribution >= 4 is 11.7 Å². The normalized spacial score (nSPS) is 10.1. The number of anilines is 1. The van der Waals surface area contributed by atoms with E-state index in [9.17, 15) is 9.90 Å². The van der Waals surface area contributed by atoms with E-state index in [2.05, 4.69) is 13.2 Å². The maximum atomic E-state index is 11.2. The molecular formula is C17H23NO3. The highest BCUT2D eigenvalue weighted by Gasteiger charge is 2.04. The lowest BCUT2D eigenvalue weighted by Gasteiger charge is -2.08. The predicted molar refractivity (Wildman–Crippen MR) is 85.0 cm³/mol. The third-order valence-corrected chi connectivity index (χ3v) is 3.12. The zero-order valence-corrected chi connectivity index (χ0v) is 12.5. The van der Waals surface area contributed by atoms with Crippen LogP contribution in [0.5, 0.6) is 5.75 Å². The summed E-state index contributed by atoms with van der Waals surface area (Å²) in [5.41, 5.74) is 8.63. The van der Waals surface area contributed by atoms with Crippen molar-refractivity contribution in [2.24, 2.45) is 0 Å². The predicted octanol–water partition coefficient (Wildman–Crippen LogP) is 3.36. The first-order valence-corrected chi connectivity index (χ1v) is 6.97. The second kappa shape index (κ2) is 8.15. The number of allylic oxidation sites excluding steroid dienone is 1. The van der Waals surface area contributed by atoms with E-state index in [4.69, 9.17) is 10.5 Å². The molecule has 0 aromatic heterocycles. The Balaban J connectivity index is 2.23. The quantitative estimate of drug-likeness (QED) is 0.192. The Hall–Kier alpha value is -2.23. The lowest BCUT2D eigenvalue weighted by Crippen LogP contribution is -2.06. The highest BCUT2D eigenvalue weighted by atomic mass is 16.5. The molecule has 3 N–H and O–H groups in total. The second-order valence-corrected chi connectivity index (χ2v) is 5.16. The van der Waals surface area contributed by atoms with Gasteiger partial charge >= 0.3 is 5.97 Å². The third kappa shape index (κ3) is 6.17. The van der Waals surface area contributed by atoms with Gasteiger partial charge in [0.25, 0.3) is 0 Å². The van der Waals surface area contributed by atoms with Crippen LogP contribution in [0, 0.1) is 0 Å². The summed E-state index contributed by atoms with van der Waals surface area (Å²) >= 11 is 0. The van der Waals surface area contributed by atoms with Crippen molar-refractivity contribution in [2.75, 3.05) is 12.3 Å². The Bertz CT molecular complexity index is 535. The van der Waals surface area contributed by atoms with Crippen LogP contribution in [0.1, 0.15) is 31.7 Å². The van der Waals surface area contributed by atoms with Gasteiger partial charge in [0.1, 0.15) is 5.75 Å². The van der Waals surface area contributed by atoms with E-state index < -0.39 is 0 Å². The van der Waals surface area contributed by atoms with Crippen molar-refractivity contribution in [1.82, 2.24) is 0 Å². The van der Waals surface area contributed by atoms with Gasteiger partial charge in [0.2, 0.25) is 0 Å². The smallest absolute Gasteiger partial charge is 0.333 e. The summed E-state index contributed by atoms with van der Waals surface area (Å²) in [4.78, 5) is 11.2. The summed E-state index contributed by atoms with van der Waals surface area (Å²) in [5.74, 6) is -0.239. The lowest BCUT2D eigenvalue weighted by atomic mass is 10.0. The first-order chi connectivity index (χ1) is 9.90. The van der Waals surface area contributed by atoms with Crippen molar-refractivity contribution in [3.8, 4) is 5.75 Å². The molecule has 0 bridgehead atoms. The largest absolute Gasteiger partial charge is 0.506 e. The lowest BCUT2D eigenvalue weighted by molar-refractivity contribution is -0.139. The minimum Gasteiger partial charge on any atom is -0.506 e. The van der Waals surface area contributed by atoms with E-state index in [1.807, 2.05) is 6.07 Å². The number of phenolic OH excluding ortho intramolecular Hbond substituents is 1. The van der Waals surface area contributed by atoms with Gasteiger partial charge in [-0.1, -0.05) is 24.8 Å². The van der Waals surface area contributed by atoms with Crippen molar-refractivity contribution < 1.29 is 14.6 Å². The molecule has 0 aliphatic heterocycles. The van der Waals surface area contributed by atoms with Crippen LogP contribution in [-0.4, -0.2) is 17.7 Å². The van der Waals surface area contributed by atoms with E-state index in [1.54, 1.807) is 19.1 Å². The molecule has 0 saturated carbocycles. The summed E-state index contributed by atoms with van der Waals surface area (Å²) < 4.78 is 5.02. The molecule has 0 aliphatic carbocycles. The van der Waals surface area contributed by atoms with E-state index >= 15 is 0 Å². The fourth-order valence-electron chi connectivity index (χ4n) is 1.82. The Kier molecular flexibility index (Phi) is 6.53. The molecule has 0 unspecified atom stereocenters. The maximum Gasteiger partial charge on any atom is 0.333 e. The molecule has 0 heterocycles. The molecule has 0 saturated heterocycles. The number of phenols is 1. The molecule has 1 rings (SSSR count). The standard InChI is InChI=1S/C17H23NO3/c1-12(2)17(20)21-10-4-5-13(3)6-7-14-8-9-16(19)15(18)11-14/h8-9,11,19H,1,3-7,10,18H2,2H3. The number of aryl methyl sites for hydroxylation is 1. The Labute approximate surface area is 125 Å². The zero-order valence-electron chi connectivity index (χ0n) is 12.5. The molecule has 0 spiro atoms. The van der Waals surface area contributed by atoms with Gasteiger partial charge in [0.05, 0.1) is 12.3 Å². The summed E-state index contributed by atoms with van der Waals surface area (Å²) in [6.45, 7) is 9.56. The van der Waals surface area contributed by atoms with E-state index in [0.717, 1.165) is 36.8 Å². The average Bonchev–Trinajstić information content (AvgIpc) is 2.44. The molecule has 0 atom stereocenters. The van der Waals surface area contributed by atoms with Crippen LogP contribution in [0.25, 0.3) is 0 Å². The number of carbonyl (C=O) groups excluding carboxylic acids is 1. The van der Waals surface area contributed by atoms with Gasteiger partial charge in [-0.15, -0.1) is 0 Å². The highest BCUT2D eigenvalue weighted by molar-refractivity contribution is 5.86. The van der Waals surface area contributed by atoms with Gasteiger partial charge in [0.15, 0.2) is 0 Å². The third-order valence-electron chi connectivity index (χ3n) is 3.12. The van der Waals surface area contributed by atoms with Gasteiger partial charge in [-0.3, -0.25) is 0 Å². The molecule has 0 radical (unpaired) electrons. The SMILES string of the molecule is C=C(CCCOC(=O)C(=C)C)CCc1ccc(O)c(N)c1. The maximum absolute atomic E-state index is 11.2. The molecule has 0 aliphatic rings. The van der Waals surface area contributed by atoms with Crippen LogP contribution >= 0.6 is 0 Å². The molecule has 4 heteroatoms. The molecule has 21 heavy (non-hydrogen) atoms. The summed E-state index contributed by atoms with van der Waals surface area (Å²) in [6.07, 6.45) is 3.25. The number of aromatic hydroxyl groups is 1. The molecule has 1 aromatic carbocycles.